The molecule has 0 spiro atoms. The summed E-state index contributed by atoms with van der Waals surface area (Å²) in [4.78, 5) is 19.5. The molecular weight excluding hydrogens is 457 g/mol. The monoisotopic (exact) mass is 474 g/mol. The maximum absolute atomic E-state index is 13.5. The molecule has 0 atom stereocenters. The normalized spacial score (nSPS) is 13.9. The number of hydrogen-bond donors (Lipinski definition) is 1. The van der Waals surface area contributed by atoms with Gasteiger partial charge in [0.05, 0.1) is 11.3 Å². The van der Waals surface area contributed by atoms with Gasteiger partial charge in [0, 0.05) is 16.8 Å². The number of carboxylic acid groups (broad SMARTS) is 1. The first-order valence-electron chi connectivity index (χ1n) is 10.1. The highest BCUT2D eigenvalue weighted by Crippen LogP contribution is 2.43. The van der Waals surface area contributed by atoms with Crippen molar-refractivity contribution in [1.82, 2.24) is 9.97 Å². The van der Waals surface area contributed by atoms with Crippen molar-refractivity contribution in [3.05, 3.63) is 87.8 Å². The maximum Gasteiger partial charge on any atom is 0.417 e. The molecule has 3 aromatic rings. The Bertz CT molecular complexity index is 1220. The summed E-state index contributed by atoms with van der Waals surface area (Å²) in [5.74, 6) is -1.11. The number of aromatic carboxylic acids is 1. The number of alkyl halides is 3. The lowest BCUT2D eigenvalue weighted by atomic mass is 9.99. The van der Waals surface area contributed by atoms with Crippen molar-refractivity contribution in [3.63, 3.8) is 0 Å². The number of rotatable bonds is 6. The minimum absolute atomic E-state index is 0.0711. The van der Waals surface area contributed by atoms with Crippen LogP contribution in [0.25, 0.3) is 11.1 Å². The van der Waals surface area contributed by atoms with Gasteiger partial charge >= 0.3 is 12.1 Å². The van der Waals surface area contributed by atoms with Gasteiger partial charge in [0.1, 0.15) is 12.3 Å². The van der Waals surface area contributed by atoms with Crippen LogP contribution in [0.4, 0.5) is 13.2 Å². The fourth-order valence-corrected chi connectivity index (χ4v) is 3.84. The Labute approximate surface area is 192 Å². The molecule has 2 aromatic heterocycles. The minimum Gasteiger partial charge on any atom is -0.477 e. The fraction of sp³-hybridized carbons (Fsp3) is 0.208. The van der Waals surface area contributed by atoms with Gasteiger partial charge in [0.15, 0.2) is 0 Å². The van der Waals surface area contributed by atoms with E-state index in [1.165, 1.54) is 6.07 Å². The van der Waals surface area contributed by atoms with E-state index in [1.807, 2.05) is 0 Å². The van der Waals surface area contributed by atoms with E-state index in [4.69, 9.17) is 16.3 Å². The van der Waals surface area contributed by atoms with Gasteiger partial charge in [-0.1, -0.05) is 29.8 Å². The highest BCUT2D eigenvalue weighted by atomic mass is 35.5. The zero-order valence-electron chi connectivity index (χ0n) is 17.2. The van der Waals surface area contributed by atoms with Gasteiger partial charge in [-0.15, -0.1) is 0 Å². The fourth-order valence-electron chi connectivity index (χ4n) is 3.72. The van der Waals surface area contributed by atoms with Crippen molar-refractivity contribution < 1.29 is 27.8 Å². The van der Waals surface area contributed by atoms with Crippen LogP contribution in [-0.4, -0.2) is 21.0 Å². The van der Waals surface area contributed by atoms with Crippen LogP contribution in [-0.2, 0) is 12.8 Å². The van der Waals surface area contributed by atoms with Crippen LogP contribution in [0.3, 0.4) is 0 Å². The number of pyridine rings is 2. The van der Waals surface area contributed by atoms with Gasteiger partial charge in [0.2, 0.25) is 5.88 Å². The molecule has 0 bridgehead atoms. The van der Waals surface area contributed by atoms with Crippen molar-refractivity contribution >= 4 is 28.7 Å². The molecular formula is C24H18ClF3N2O3. The van der Waals surface area contributed by atoms with E-state index in [-0.39, 0.29) is 23.7 Å². The zero-order valence-corrected chi connectivity index (χ0v) is 18.0. The van der Waals surface area contributed by atoms with E-state index >= 15 is 0 Å². The lowest BCUT2D eigenvalue weighted by Crippen LogP contribution is -2.09. The standard InChI is InChI=1S/C24H18ClF3N2O3/c25-16-9-7-14(8-10-16)13-33-22-19(11-15(12-29-22)24(26,27)28)17-3-1-4-18(17)20-5-2-6-21(30-20)23(31)32/h2,5-12H,1,3-4,13H2,(H,31,32). The molecule has 0 saturated heterocycles. The molecule has 1 N–H and O–H groups in total. The molecule has 5 nitrogen and oxygen atoms in total. The molecule has 0 saturated carbocycles. The Morgan fingerprint density at radius 1 is 1.09 bits per heavy atom. The zero-order chi connectivity index (χ0) is 23.6. The molecule has 1 aliphatic carbocycles. The number of halogens is 4. The molecule has 1 aliphatic rings. The highest BCUT2D eigenvalue weighted by Gasteiger charge is 2.33. The van der Waals surface area contributed by atoms with Crippen LogP contribution in [0.15, 0.2) is 54.7 Å². The van der Waals surface area contributed by atoms with Crippen molar-refractivity contribution in [2.45, 2.75) is 32.0 Å². The summed E-state index contributed by atoms with van der Waals surface area (Å²) >= 11 is 5.90. The number of hydrogen-bond acceptors (Lipinski definition) is 4. The van der Waals surface area contributed by atoms with Crippen LogP contribution < -0.4 is 4.74 Å². The second-order valence-electron chi connectivity index (χ2n) is 7.51. The van der Waals surface area contributed by atoms with Crippen molar-refractivity contribution in [1.29, 1.82) is 0 Å². The summed E-state index contributed by atoms with van der Waals surface area (Å²) in [5.41, 5.74) is 1.72. The third-order valence-corrected chi connectivity index (χ3v) is 5.54. The lowest BCUT2D eigenvalue weighted by molar-refractivity contribution is -0.137. The number of nitrogens with zero attached hydrogens (tertiary/aromatic N) is 2. The molecule has 1 aromatic carbocycles. The van der Waals surface area contributed by atoms with Crippen molar-refractivity contribution in [3.8, 4) is 5.88 Å². The van der Waals surface area contributed by atoms with Gasteiger partial charge in [0.25, 0.3) is 0 Å². The van der Waals surface area contributed by atoms with Gasteiger partial charge < -0.3 is 9.84 Å². The number of benzene rings is 1. The number of carboxylic acids is 1. The molecule has 2 heterocycles. The van der Waals surface area contributed by atoms with E-state index in [0.29, 0.717) is 41.1 Å². The molecule has 33 heavy (non-hydrogen) atoms. The average molecular weight is 475 g/mol. The molecule has 0 amide bonds. The molecule has 0 aliphatic heterocycles. The summed E-state index contributed by atoms with van der Waals surface area (Å²) in [6, 6.07) is 12.5. The van der Waals surface area contributed by atoms with Gasteiger partial charge in [-0.2, -0.15) is 13.2 Å². The van der Waals surface area contributed by atoms with E-state index < -0.39 is 17.7 Å². The SMILES string of the molecule is O=C(O)c1cccc(C2=C(c3cc(C(F)(F)F)cnc3OCc3ccc(Cl)cc3)CCC2)n1. The predicted octanol–water partition coefficient (Wildman–Crippen LogP) is 6.52. The lowest BCUT2D eigenvalue weighted by Gasteiger charge is -2.16. The van der Waals surface area contributed by atoms with E-state index in [1.54, 1.807) is 36.4 Å². The Balaban J connectivity index is 1.77. The summed E-state index contributed by atoms with van der Waals surface area (Å²) in [5, 5.41) is 9.82. The second kappa shape index (κ2) is 9.23. The first-order chi connectivity index (χ1) is 15.7. The third kappa shape index (κ3) is 5.17. The first-order valence-corrected chi connectivity index (χ1v) is 10.5. The summed E-state index contributed by atoms with van der Waals surface area (Å²) in [6.07, 6.45) is -2.08. The first kappa shape index (κ1) is 22.8. The third-order valence-electron chi connectivity index (χ3n) is 5.29. The number of allylic oxidation sites excluding steroid dienone is 2. The molecule has 0 unspecified atom stereocenters. The smallest absolute Gasteiger partial charge is 0.417 e. The van der Waals surface area contributed by atoms with Crippen molar-refractivity contribution in [2.24, 2.45) is 0 Å². The van der Waals surface area contributed by atoms with Gasteiger partial charge in [-0.3, -0.25) is 0 Å². The number of ether oxygens (including phenoxy) is 1. The van der Waals surface area contributed by atoms with Gasteiger partial charge in [-0.05, 0) is 66.3 Å². The summed E-state index contributed by atoms with van der Waals surface area (Å²) in [7, 11) is 0. The molecule has 9 heteroatoms. The van der Waals surface area contributed by atoms with Crippen LogP contribution in [0.1, 0.15) is 52.1 Å². The average Bonchev–Trinajstić information content (AvgIpc) is 3.28. The van der Waals surface area contributed by atoms with Crippen LogP contribution in [0, 0.1) is 0 Å². The van der Waals surface area contributed by atoms with Crippen molar-refractivity contribution in [2.75, 3.05) is 0 Å². The van der Waals surface area contributed by atoms with E-state index in [0.717, 1.165) is 17.8 Å². The van der Waals surface area contributed by atoms with Gasteiger partial charge in [-0.25, -0.2) is 14.8 Å². The Morgan fingerprint density at radius 2 is 1.82 bits per heavy atom. The van der Waals surface area contributed by atoms with Crippen LogP contribution in [0.5, 0.6) is 5.88 Å². The largest absolute Gasteiger partial charge is 0.477 e. The van der Waals surface area contributed by atoms with Crippen LogP contribution >= 0.6 is 11.6 Å². The number of aromatic nitrogens is 2. The van der Waals surface area contributed by atoms with E-state index in [9.17, 15) is 23.1 Å². The Hall–Kier alpha value is -3.39. The van der Waals surface area contributed by atoms with Crippen LogP contribution in [0.2, 0.25) is 5.02 Å². The Morgan fingerprint density at radius 3 is 2.52 bits per heavy atom. The predicted molar refractivity (Wildman–Crippen MR) is 117 cm³/mol. The van der Waals surface area contributed by atoms with E-state index in [2.05, 4.69) is 9.97 Å². The quantitative estimate of drug-likeness (QED) is 0.440. The highest BCUT2D eigenvalue weighted by molar-refractivity contribution is 6.30. The molecule has 0 radical (unpaired) electrons. The molecule has 4 rings (SSSR count). The number of carbonyl (C=O) groups is 1. The topological polar surface area (TPSA) is 72.3 Å². The minimum atomic E-state index is -4.57. The molecule has 0 fully saturated rings. The summed E-state index contributed by atoms with van der Waals surface area (Å²) < 4.78 is 46.2. The maximum atomic E-state index is 13.5. The molecule has 170 valence electrons. The second-order valence-corrected chi connectivity index (χ2v) is 7.95. The Kier molecular flexibility index (Phi) is 6.37. The summed E-state index contributed by atoms with van der Waals surface area (Å²) in [6.45, 7) is 0.0951.